The van der Waals surface area contributed by atoms with Crippen molar-refractivity contribution in [2.24, 2.45) is 5.92 Å². The smallest absolute Gasteiger partial charge is 0.335 e. The highest BCUT2D eigenvalue weighted by molar-refractivity contribution is 6.15. The molecule has 3 aliphatic rings. The molecule has 3 rings (SSSR count). The van der Waals surface area contributed by atoms with Gasteiger partial charge < -0.3 is 4.74 Å². The number of urea groups is 1. The first-order valence-corrected chi connectivity index (χ1v) is 9.85. The maximum Gasteiger partial charge on any atom is 0.335 e. The van der Waals surface area contributed by atoms with Crippen LogP contribution < -0.4 is 0 Å². The molecule has 1 aliphatic heterocycles. The van der Waals surface area contributed by atoms with Gasteiger partial charge in [0.05, 0.1) is 18.2 Å². The number of likely N-dealkylation sites (N-methyl/N-ethyl adjacent to an activating group) is 1. The van der Waals surface area contributed by atoms with Crippen molar-refractivity contribution in [3.8, 4) is 0 Å². The average molecular weight is 362 g/mol. The zero-order valence-electron chi connectivity index (χ0n) is 16.2. The van der Waals surface area contributed by atoms with Crippen molar-refractivity contribution in [3.05, 3.63) is 11.3 Å². The number of imide groups is 1. The molecule has 0 spiro atoms. The Labute approximate surface area is 155 Å². The minimum atomic E-state index is -0.565. The van der Waals surface area contributed by atoms with Gasteiger partial charge in [-0.25, -0.2) is 9.59 Å². The van der Waals surface area contributed by atoms with Crippen LogP contribution >= 0.6 is 0 Å². The Hall–Kier alpha value is -1.85. The number of amides is 3. The Bertz CT molecular complexity index is 628. The predicted molar refractivity (Wildman–Crippen MR) is 97.1 cm³/mol. The summed E-state index contributed by atoms with van der Waals surface area (Å²) in [7, 11) is 2.87. The minimum Gasteiger partial charge on any atom is -0.466 e. The highest BCUT2D eigenvalue weighted by Gasteiger charge is 2.55. The number of ether oxygens (including phenoxy) is 1. The van der Waals surface area contributed by atoms with Crippen molar-refractivity contribution in [2.75, 3.05) is 14.2 Å². The average Bonchev–Trinajstić information content (AvgIpc) is 2.91. The standard InChI is InChI=1S/C20H30N2O4/c1-14(18(24)26-3)16-17(23)22(19(25)21(16)2)20(12-8-5-9-13-20)15-10-6-4-7-11-15/h15H,4-13H2,1-3H3. The number of hydrogen-bond donors (Lipinski definition) is 0. The number of hydrogen-bond acceptors (Lipinski definition) is 4. The van der Waals surface area contributed by atoms with Gasteiger partial charge in [0.1, 0.15) is 5.70 Å². The molecule has 3 amide bonds. The molecule has 6 nitrogen and oxygen atoms in total. The number of esters is 1. The number of carbonyl (C=O) groups excluding carboxylic acids is 3. The monoisotopic (exact) mass is 362 g/mol. The maximum atomic E-state index is 13.3. The van der Waals surface area contributed by atoms with E-state index in [-0.39, 0.29) is 28.7 Å². The van der Waals surface area contributed by atoms with Gasteiger partial charge in [0.2, 0.25) is 0 Å². The first-order valence-electron chi connectivity index (χ1n) is 9.85. The van der Waals surface area contributed by atoms with Crippen LogP contribution in [0.5, 0.6) is 0 Å². The van der Waals surface area contributed by atoms with Crippen molar-refractivity contribution in [1.82, 2.24) is 9.80 Å². The van der Waals surface area contributed by atoms with Gasteiger partial charge in [0.15, 0.2) is 0 Å². The second-order valence-electron chi connectivity index (χ2n) is 7.95. The molecule has 26 heavy (non-hydrogen) atoms. The topological polar surface area (TPSA) is 66.9 Å². The normalized spacial score (nSPS) is 26.3. The van der Waals surface area contributed by atoms with Gasteiger partial charge in [-0.2, -0.15) is 0 Å². The summed E-state index contributed by atoms with van der Waals surface area (Å²) in [5, 5.41) is 0. The Balaban J connectivity index is 2.03. The first kappa shape index (κ1) is 18.9. The molecule has 2 saturated carbocycles. The lowest BCUT2D eigenvalue weighted by Gasteiger charge is -2.49. The van der Waals surface area contributed by atoms with Crippen molar-refractivity contribution in [1.29, 1.82) is 0 Å². The molecule has 1 heterocycles. The molecule has 0 radical (unpaired) electrons. The fourth-order valence-electron chi connectivity index (χ4n) is 5.25. The van der Waals surface area contributed by atoms with Crippen LogP contribution in [0.1, 0.15) is 71.1 Å². The Morgan fingerprint density at radius 2 is 1.62 bits per heavy atom. The van der Waals surface area contributed by atoms with Crippen LogP contribution in [0.4, 0.5) is 4.79 Å². The zero-order chi connectivity index (χ0) is 18.9. The predicted octanol–water partition coefficient (Wildman–Crippen LogP) is 3.61. The summed E-state index contributed by atoms with van der Waals surface area (Å²) in [4.78, 5) is 41.3. The SMILES string of the molecule is COC(=O)C(C)=C1C(=O)N(C2(C3CCCCC3)CCCCC2)C(=O)N1C. The number of nitrogens with zero attached hydrogens (tertiary/aromatic N) is 2. The minimum absolute atomic E-state index is 0.169. The van der Waals surface area contributed by atoms with Crippen LogP contribution in [0.15, 0.2) is 11.3 Å². The second-order valence-corrected chi connectivity index (χ2v) is 7.95. The number of rotatable bonds is 3. The van der Waals surface area contributed by atoms with Gasteiger partial charge in [-0.1, -0.05) is 38.5 Å². The van der Waals surface area contributed by atoms with E-state index in [1.165, 1.54) is 36.2 Å². The molecular weight excluding hydrogens is 332 g/mol. The van der Waals surface area contributed by atoms with Gasteiger partial charge in [-0.05, 0) is 38.5 Å². The van der Waals surface area contributed by atoms with E-state index in [0.717, 1.165) is 44.9 Å². The zero-order valence-corrected chi connectivity index (χ0v) is 16.2. The van der Waals surface area contributed by atoms with Gasteiger partial charge in [-0.3, -0.25) is 14.6 Å². The Kier molecular flexibility index (Phi) is 5.39. The van der Waals surface area contributed by atoms with Crippen LogP contribution in [0.25, 0.3) is 0 Å². The Morgan fingerprint density at radius 3 is 2.19 bits per heavy atom. The van der Waals surface area contributed by atoms with Crippen LogP contribution in [-0.2, 0) is 14.3 Å². The molecule has 0 bridgehead atoms. The highest BCUT2D eigenvalue weighted by Crippen LogP contribution is 2.48. The van der Waals surface area contributed by atoms with E-state index in [4.69, 9.17) is 4.74 Å². The fraction of sp³-hybridized carbons (Fsp3) is 0.750. The molecule has 0 unspecified atom stereocenters. The molecule has 144 valence electrons. The lowest BCUT2D eigenvalue weighted by atomic mass is 9.66. The summed E-state index contributed by atoms with van der Waals surface area (Å²) in [5.41, 5.74) is -0.0211. The third-order valence-electron chi connectivity index (χ3n) is 6.60. The maximum absolute atomic E-state index is 13.3. The summed E-state index contributed by atoms with van der Waals surface area (Å²) in [6.07, 6.45) is 10.8. The van der Waals surface area contributed by atoms with Gasteiger partial charge in [-0.15, -0.1) is 0 Å². The number of carbonyl (C=O) groups is 3. The lowest BCUT2D eigenvalue weighted by molar-refractivity contribution is -0.137. The molecule has 1 saturated heterocycles. The molecule has 6 heteroatoms. The Morgan fingerprint density at radius 1 is 1.04 bits per heavy atom. The van der Waals surface area contributed by atoms with E-state index < -0.39 is 5.97 Å². The van der Waals surface area contributed by atoms with Gasteiger partial charge >= 0.3 is 12.0 Å². The molecule has 0 aromatic heterocycles. The molecule has 0 atom stereocenters. The van der Waals surface area contributed by atoms with Crippen LogP contribution in [0.3, 0.4) is 0 Å². The van der Waals surface area contributed by atoms with Crippen molar-refractivity contribution < 1.29 is 19.1 Å². The summed E-state index contributed by atoms with van der Waals surface area (Å²) in [5.74, 6) is -0.520. The van der Waals surface area contributed by atoms with Crippen LogP contribution in [-0.4, -0.2) is 47.4 Å². The third kappa shape index (κ3) is 2.93. The van der Waals surface area contributed by atoms with Crippen molar-refractivity contribution in [3.63, 3.8) is 0 Å². The fourth-order valence-corrected chi connectivity index (χ4v) is 5.25. The first-order chi connectivity index (χ1) is 12.4. The third-order valence-corrected chi connectivity index (χ3v) is 6.60. The van der Waals surface area contributed by atoms with E-state index in [9.17, 15) is 14.4 Å². The molecular formula is C20H30N2O4. The van der Waals surface area contributed by atoms with E-state index in [1.54, 1.807) is 14.0 Å². The van der Waals surface area contributed by atoms with Crippen LogP contribution in [0, 0.1) is 5.92 Å². The summed E-state index contributed by atoms with van der Waals surface area (Å²) < 4.78 is 4.77. The molecule has 0 N–H and O–H groups in total. The van der Waals surface area contributed by atoms with Crippen molar-refractivity contribution >= 4 is 17.9 Å². The second kappa shape index (κ2) is 7.41. The molecule has 0 aromatic carbocycles. The molecule has 3 fully saturated rings. The molecule has 2 aliphatic carbocycles. The quantitative estimate of drug-likeness (QED) is 0.437. The van der Waals surface area contributed by atoms with E-state index in [2.05, 4.69) is 0 Å². The van der Waals surface area contributed by atoms with E-state index >= 15 is 0 Å². The highest BCUT2D eigenvalue weighted by atomic mass is 16.5. The van der Waals surface area contributed by atoms with Crippen molar-refractivity contribution in [2.45, 2.75) is 76.7 Å². The summed E-state index contributed by atoms with van der Waals surface area (Å²) >= 11 is 0. The summed E-state index contributed by atoms with van der Waals surface area (Å²) in [6.45, 7) is 1.56. The number of methoxy groups -OCH3 is 1. The van der Waals surface area contributed by atoms with E-state index in [0.29, 0.717) is 5.92 Å². The largest absolute Gasteiger partial charge is 0.466 e. The molecule has 0 aromatic rings. The lowest BCUT2D eigenvalue weighted by Crippen LogP contribution is -2.58. The van der Waals surface area contributed by atoms with Gasteiger partial charge in [0.25, 0.3) is 5.91 Å². The van der Waals surface area contributed by atoms with Gasteiger partial charge in [0, 0.05) is 7.05 Å². The summed E-state index contributed by atoms with van der Waals surface area (Å²) in [6, 6.07) is -0.291. The van der Waals surface area contributed by atoms with Crippen LogP contribution in [0.2, 0.25) is 0 Å². The van der Waals surface area contributed by atoms with E-state index in [1.807, 2.05) is 0 Å².